The van der Waals surface area contributed by atoms with Gasteiger partial charge >= 0.3 is 0 Å². The first-order valence-electron chi connectivity index (χ1n) is 6.88. The smallest absolute Gasteiger partial charge is 0.147 e. The number of hydrogen-bond donors (Lipinski definition) is 1. The number of rotatable bonds is 6. The lowest BCUT2D eigenvalue weighted by Crippen LogP contribution is -2.12. The van der Waals surface area contributed by atoms with E-state index in [1.165, 1.54) is 20.9 Å². The van der Waals surface area contributed by atoms with Crippen LogP contribution in [0.25, 0.3) is 0 Å². The van der Waals surface area contributed by atoms with Crippen molar-refractivity contribution in [3.8, 4) is 5.75 Å². The van der Waals surface area contributed by atoms with Crippen molar-refractivity contribution < 1.29 is 4.74 Å². The quantitative estimate of drug-likeness (QED) is 0.643. The van der Waals surface area contributed by atoms with Crippen molar-refractivity contribution in [2.24, 2.45) is 0 Å². The predicted octanol–water partition coefficient (Wildman–Crippen LogP) is 5.58. The van der Waals surface area contributed by atoms with Gasteiger partial charge in [0, 0.05) is 22.8 Å². The van der Waals surface area contributed by atoms with Crippen LogP contribution in [0.15, 0.2) is 27.1 Å². The molecule has 0 saturated carbocycles. The zero-order chi connectivity index (χ0) is 15.4. The molecule has 1 N–H and O–H groups in total. The maximum absolute atomic E-state index is 5.60. The third-order valence-electron chi connectivity index (χ3n) is 3.19. The third-order valence-corrected chi connectivity index (χ3v) is 5.52. The summed E-state index contributed by atoms with van der Waals surface area (Å²) in [5.74, 6) is 0.866. The van der Waals surface area contributed by atoms with Gasteiger partial charge in [-0.1, -0.05) is 0 Å². The van der Waals surface area contributed by atoms with Gasteiger partial charge in [-0.25, -0.2) is 0 Å². The molecule has 21 heavy (non-hydrogen) atoms. The number of ether oxygens (including phenoxy) is 1. The van der Waals surface area contributed by atoms with Gasteiger partial charge in [0.25, 0.3) is 0 Å². The first-order valence-corrected chi connectivity index (χ1v) is 9.28. The summed E-state index contributed by atoms with van der Waals surface area (Å²) in [7, 11) is 0. The first kappa shape index (κ1) is 17.0. The Morgan fingerprint density at radius 2 is 1.76 bits per heavy atom. The van der Waals surface area contributed by atoms with Gasteiger partial charge in [0.05, 0.1) is 15.6 Å². The molecule has 5 heteroatoms. The summed E-state index contributed by atoms with van der Waals surface area (Å²) < 4.78 is 7.57. The van der Waals surface area contributed by atoms with E-state index < -0.39 is 0 Å². The number of thiophene rings is 1. The van der Waals surface area contributed by atoms with E-state index in [2.05, 4.69) is 69.2 Å². The molecule has 0 bridgehead atoms. The molecule has 0 radical (unpaired) electrons. The van der Waals surface area contributed by atoms with Crippen molar-refractivity contribution in [3.05, 3.63) is 48.0 Å². The molecule has 1 aromatic heterocycles. The van der Waals surface area contributed by atoms with Gasteiger partial charge in [-0.2, -0.15) is 0 Å². The van der Waals surface area contributed by atoms with Crippen molar-refractivity contribution >= 4 is 43.2 Å². The van der Waals surface area contributed by atoms with E-state index in [-0.39, 0.29) is 0 Å². The van der Waals surface area contributed by atoms with E-state index in [9.17, 15) is 0 Å². The van der Waals surface area contributed by atoms with E-state index in [0.29, 0.717) is 6.61 Å². The van der Waals surface area contributed by atoms with Crippen LogP contribution in [0.3, 0.4) is 0 Å². The first-order chi connectivity index (χ1) is 10.0. The number of nitrogens with one attached hydrogen (secondary N) is 1. The number of halogens is 2. The van der Waals surface area contributed by atoms with Crippen LogP contribution >= 0.6 is 43.2 Å². The summed E-state index contributed by atoms with van der Waals surface area (Å²) in [5.41, 5.74) is 2.60. The maximum atomic E-state index is 5.60. The van der Waals surface area contributed by atoms with Crippen molar-refractivity contribution in [1.82, 2.24) is 5.32 Å². The highest BCUT2D eigenvalue weighted by atomic mass is 79.9. The van der Waals surface area contributed by atoms with Crippen LogP contribution in [0, 0.1) is 13.8 Å². The zero-order valence-electron chi connectivity index (χ0n) is 12.4. The molecule has 2 aromatic rings. The van der Waals surface area contributed by atoms with Crippen LogP contribution in [-0.2, 0) is 13.1 Å². The minimum Gasteiger partial charge on any atom is -0.492 e. The highest BCUT2D eigenvalue weighted by molar-refractivity contribution is 9.11. The van der Waals surface area contributed by atoms with Crippen molar-refractivity contribution in [2.75, 3.05) is 6.61 Å². The van der Waals surface area contributed by atoms with Crippen LogP contribution in [0.1, 0.15) is 27.8 Å². The average molecular weight is 433 g/mol. The SMILES string of the molecule is CCOc1c(Br)cc(CNCc2cc(C)c(C)s2)cc1Br. The highest BCUT2D eigenvalue weighted by Gasteiger charge is 2.08. The second-order valence-corrected chi connectivity index (χ2v) is 7.93. The Labute approximate surface area is 147 Å². The maximum Gasteiger partial charge on any atom is 0.147 e. The third kappa shape index (κ3) is 4.55. The monoisotopic (exact) mass is 431 g/mol. The molecular weight excluding hydrogens is 414 g/mol. The molecular formula is C16H19Br2NOS. The van der Waals surface area contributed by atoms with E-state index in [4.69, 9.17) is 4.74 Å². The molecule has 0 fully saturated rings. The second-order valence-electron chi connectivity index (χ2n) is 4.88. The van der Waals surface area contributed by atoms with Crippen molar-refractivity contribution in [2.45, 2.75) is 33.9 Å². The lowest BCUT2D eigenvalue weighted by molar-refractivity contribution is 0.336. The molecule has 0 unspecified atom stereocenters. The molecule has 0 amide bonds. The van der Waals surface area contributed by atoms with Crippen LogP contribution in [0.2, 0.25) is 0 Å². The van der Waals surface area contributed by atoms with Gasteiger partial charge in [0.15, 0.2) is 0 Å². The number of aryl methyl sites for hydroxylation is 2. The van der Waals surface area contributed by atoms with Gasteiger partial charge in [-0.05, 0) is 82.0 Å². The summed E-state index contributed by atoms with van der Waals surface area (Å²) >= 11 is 9.00. The van der Waals surface area contributed by atoms with Gasteiger partial charge in [-0.15, -0.1) is 11.3 Å². The molecule has 0 aliphatic carbocycles. The van der Waals surface area contributed by atoms with Crippen LogP contribution in [0.4, 0.5) is 0 Å². The van der Waals surface area contributed by atoms with Gasteiger partial charge in [-0.3, -0.25) is 0 Å². The number of benzene rings is 1. The highest BCUT2D eigenvalue weighted by Crippen LogP contribution is 2.34. The molecule has 0 aliphatic rings. The van der Waals surface area contributed by atoms with Crippen LogP contribution in [0.5, 0.6) is 5.75 Å². The fourth-order valence-electron chi connectivity index (χ4n) is 2.06. The zero-order valence-corrected chi connectivity index (χ0v) is 16.4. The normalized spacial score (nSPS) is 10.9. The fourth-order valence-corrected chi connectivity index (χ4v) is 4.60. The Morgan fingerprint density at radius 3 is 2.29 bits per heavy atom. The van der Waals surface area contributed by atoms with Gasteiger partial charge in [0.1, 0.15) is 5.75 Å². The average Bonchev–Trinajstić information content (AvgIpc) is 2.73. The standard InChI is InChI=1S/C16H19Br2NOS/c1-4-20-16-14(17)6-12(7-15(16)18)8-19-9-13-5-10(2)11(3)21-13/h5-7,19H,4,8-9H2,1-3H3. The fraction of sp³-hybridized carbons (Fsp3) is 0.375. The minimum atomic E-state index is 0.659. The Hall–Kier alpha value is -0.360. The molecule has 0 saturated heterocycles. The summed E-state index contributed by atoms with van der Waals surface area (Å²) in [6, 6.07) is 6.47. The Bertz CT molecular complexity index is 582. The Kier molecular flexibility index (Phi) is 6.29. The summed E-state index contributed by atoms with van der Waals surface area (Å²) in [5, 5.41) is 3.49. The molecule has 114 valence electrons. The van der Waals surface area contributed by atoms with Crippen molar-refractivity contribution in [1.29, 1.82) is 0 Å². The molecule has 1 aromatic carbocycles. The molecule has 0 aliphatic heterocycles. The van der Waals surface area contributed by atoms with Crippen molar-refractivity contribution in [3.63, 3.8) is 0 Å². The van der Waals surface area contributed by atoms with Crippen LogP contribution < -0.4 is 10.1 Å². The topological polar surface area (TPSA) is 21.3 Å². The largest absolute Gasteiger partial charge is 0.492 e. The predicted molar refractivity (Wildman–Crippen MR) is 97.3 cm³/mol. The molecule has 2 rings (SSSR count). The summed E-state index contributed by atoms with van der Waals surface area (Å²) in [6.45, 7) is 8.72. The van der Waals surface area contributed by atoms with Gasteiger partial charge < -0.3 is 10.1 Å². The Balaban J connectivity index is 1.97. The summed E-state index contributed by atoms with van der Waals surface area (Å²) in [6.07, 6.45) is 0. The molecule has 0 spiro atoms. The van der Waals surface area contributed by atoms with E-state index in [1.807, 2.05) is 18.3 Å². The Morgan fingerprint density at radius 1 is 1.10 bits per heavy atom. The minimum absolute atomic E-state index is 0.659. The molecule has 0 atom stereocenters. The molecule has 1 heterocycles. The van der Waals surface area contributed by atoms with Crippen LogP contribution in [-0.4, -0.2) is 6.61 Å². The molecule has 2 nitrogen and oxygen atoms in total. The van der Waals surface area contributed by atoms with Gasteiger partial charge in [0.2, 0.25) is 0 Å². The van der Waals surface area contributed by atoms with E-state index in [1.54, 1.807) is 0 Å². The lowest BCUT2D eigenvalue weighted by atomic mass is 10.2. The van der Waals surface area contributed by atoms with E-state index in [0.717, 1.165) is 27.8 Å². The number of hydrogen-bond acceptors (Lipinski definition) is 3. The summed E-state index contributed by atoms with van der Waals surface area (Å²) in [4.78, 5) is 2.78. The van der Waals surface area contributed by atoms with E-state index >= 15 is 0 Å². The second kappa shape index (κ2) is 7.77. The lowest BCUT2D eigenvalue weighted by Gasteiger charge is -2.11.